The predicted octanol–water partition coefficient (Wildman–Crippen LogP) is 5.89. The first-order chi connectivity index (χ1) is 17.1. The van der Waals surface area contributed by atoms with Crippen molar-refractivity contribution >= 4 is 67.7 Å². The zero-order valence-corrected chi connectivity index (χ0v) is 21.3. The van der Waals surface area contributed by atoms with E-state index in [-0.39, 0.29) is 49.3 Å². The molecule has 0 saturated heterocycles. The maximum absolute atomic E-state index is 13.9. The molecule has 4 aromatic rings. The standard InChI is InChI=1S/C25H19Cl2NO7S/c1-3-34-25(31)23-18(13-17(24(29)30)21-5-4-10-35-21)22-19(27)11-15(26)12-20(22)28(23)36(32,33)16-8-6-14(2)7-9-16/h4-13H,3H2,1-2H3,(H,29,30). The zero-order valence-electron chi connectivity index (χ0n) is 19.0. The number of esters is 1. The quantitative estimate of drug-likeness (QED) is 0.226. The maximum Gasteiger partial charge on any atom is 0.356 e. The molecule has 0 bridgehead atoms. The van der Waals surface area contributed by atoms with Crippen molar-refractivity contribution in [2.24, 2.45) is 0 Å². The van der Waals surface area contributed by atoms with E-state index in [9.17, 15) is 23.1 Å². The van der Waals surface area contributed by atoms with E-state index in [1.54, 1.807) is 26.0 Å². The third-order valence-corrected chi connectivity index (χ3v) is 7.56. The van der Waals surface area contributed by atoms with E-state index < -0.39 is 27.7 Å². The summed E-state index contributed by atoms with van der Waals surface area (Å²) in [6.45, 7) is 3.30. The molecule has 186 valence electrons. The molecule has 2 aromatic heterocycles. The van der Waals surface area contributed by atoms with Gasteiger partial charge in [-0.3, -0.25) is 0 Å². The van der Waals surface area contributed by atoms with Crippen LogP contribution in [0.4, 0.5) is 0 Å². The average molecular weight is 548 g/mol. The molecule has 0 aliphatic rings. The summed E-state index contributed by atoms with van der Waals surface area (Å²) in [4.78, 5) is 25.3. The smallest absolute Gasteiger partial charge is 0.356 e. The number of carbonyl (C=O) groups excluding carboxylic acids is 1. The number of furan rings is 1. The van der Waals surface area contributed by atoms with Crippen molar-refractivity contribution in [1.29, 1.82) is 0 Å². The minimum Gasteiger partial charge on any atom is -0.478 e. The number of aliphatic carboxylic acids is 1. The summed E-state index contributed by atoms with van der Waals surface area (Å²) in [6.07, 6.45) is 2.42. The summed E-state index contributed by atoms with van der Waals surface area (Å²) in [6, 6.07) is 11.7. The fraction of sp³-hybridized carbons (Fsp3) is 0.120. The summed E-state index contributed by atoms with van der Waals surface area (Å²) in [5.41, 5.74) is -0.0254. The lowest BCUT2D eigenvalue weighted by molar-refractivity contribution is -0.130. The number of carboxylic acid groups (broad SMARTS) is 1. The second-order valence-corrected chi connectivity index (χ2v) is 10.3. The molecule has 2 heterocycles. The molecule has 0 fully saturated rings. The van der Waals surface area contributed by atoms with Crippen LogP contribution in [0.3, 0.4) is 0 Å². The zero-order chi connectivity index (χ0) is 26.2. The van der Waals surface area contributed by atoms with Gasteiger partial charge in [-0.15, -0.1) is 0 Å². The molecule has 4 rings (SSSR count). The lowest BCUT2D eigenvalue weighted by Crippen LogP contribution is -2.20. The van der Waals surface area contributed by atoms with E-state index >= 15 is 0 Å². The number of rotatable bonds is 7. The Morgan fingerprint density at radius 2 is 1.83 bits per heavy atom. The Bertz CT molecular complexity index is 1620. The van der Waals surface area contributed by atoms with Crippen molar-refractivity contribution in [3.8, 4) is 0 Å². The highest BCUT2D eigenvalue weighted by molar-refractivity contribution is 7.90. The minimum atomic E-state index is -4.40. The van der Waals surface area contributed by atoms with Gasteiger partial charge in [-0.25, -0.2) is 22.0 Å². The Morgan fingerprint density at radius 3 is 2.42 bits per heavy atom. The number of ether oxygens (including phenoxy) is 1. The number of halogens is 2. The van der Waals surface area contributed by atoms with Gasteiger partial charge in [0.1, 0.15) is 11.3 Å². The van der Waals surface area contributed by atoms with Crippen LogP contribution in [0.2, 0.25) is 10.0 Å². The van der Waals surface area contributed by atoms with Gasteiger partial charge >= 0.3 is 11.9 Å². The molecule has 0 unspecified atom stereocenters. The Labute approximate surface area is 216 Å². The van der Waals surface area contributed by atoms with Gasteiger partial charge in [-0.1, -0.05) is 40.9 Å². The second-order valence-electron chi connectivity index (χ2n) is 7.69. The van der Waals surface area contributed by atoms with E-state index in [2.05, 4.69) is 0 Å². The van der Waals surface area contributed by atoms with Crippen molar-refractivity contribution in [1.82, 2.24) is 3.97 Å². The molecule has 0 aliphatic heterocycles. The van der Waals surface area contributed by atoms with Crippen LogP contribution >= 0.6 is 23.2 Å². The van der Waals surface area contributed by atoms with Crippen LogP contribution in [0.25, 0.3) is 22.6 Å². The highest BCUT2D eigenvalue weighted by Crippen LogP contribution is 2.39. The maximum atomic E-state index is 13.9. The molecule has 0 spiro atoms. The summed E-state index contributed by atoms with van der Waals surface area (Å²) >= 11 is 12.7. The Kier molecular flexibility index (Phi) is 6.99. The molecule has 36 heavy (non-hydrogen) atoms. The molecular weight excluding hydrogens is 529 g/mol. The summed E-state index contributed by atoms with van der Waals surface area (Å²) < 4.78 is 39.0. The van der Waals surface area contributed by atoms with Gasteiger partial charge in [0.05, 0.1) is 28.3 Å². The Morgan fingerprint density at radius 1 is 1.14 bits per heavy atom. The first-order valence-corrected chi connectivity index (χ1v) is 12.8. The Hall–Kier alpha value is -3.53. The minimum absolute atomic E-state index is 0.00955. The number of hydrogen-bond acceptors (Lipinski definition) is 6. The second kappa shape index (κ2) is 9.85. The fourth-order valence-electron chi connectivity index (χ4n) is 3.75. The molecule has 0 saturated carbocycles. The van der Waals surface area contributed by atoms with Crippen LogP contribution in [0.1, 0.15) is 34.3 Å². The van der Waals surface area contributed by atoms with Crippen LogP contribution in [0, 0.1) is 6.92 Å². The van der Waals surface area contributed by atoms with E-state index in [0.717, 1.165) is 15.6 Å². The SMILES string of the molecule is CCOC(=O)c1c(C=C(C(=O)O)c2ccco2)c2c(Cl)cc(Cl)cc2n1S(=O)(=O)c1ccc(C)cc1. The van der Waals surface area contributed by atoms with Crippen molar-refractivity contribution in [3.63, 3.8) is 0 Å². The van der Waals surface area contributed by atoms with Gasteiger partial charge in [0.2, 0.25) is 0 Å². The normalized spacial score (nSPS) is 12.2. The highest BCUT2D eigenvalue weighted by atomic mass is 35.5. The van der Waals surface area contributed by atoms with Gasteiger partial charge < -0.3 is 14.3 Å². The number of benzene rings is 2. The summed E-state index contributed by atoms with van der Waals surface area (Å²) in [7, 11) is -4.40. The van der Waals surface area contributed by atoms with Crippen LogP contribution in [0.15, 0.2) is 64.1 Å². The average Bonchev–Trinajstić information content (AvgIpc) is 3.44. The Balaban J connectivity index is 2.19. The largest absolute Gasteiger partial charge is 0.478 e. The number of carbonyl (C=O) groups is 2. The first kappa shape index (κ1) is 25.6. The lowest BCUT2D eigenvalue weighted by atomic mass is 10.1. The van der Waals surface area contributed by atoms with Crippen LogP contribution in [-0.4, -0.2) is 36.0 Å². The molecule has 0 aliphatic carbocycles. The molecule has 11 heteroatoms. The van der Waals surface area contributed by atoms with E-state index in [1.165, 1.54) is 42.7 Å². The highest BCUT2D eigenvalue weighted by Gasteiger charge is 2.33. The molecular formula is C25H19Cl2NO7S. The number of aryl methyl sites for hydroxylation is 1. The van der Waals surface area contributed by atoms with E-state index in [0.29, 0.717) is 0 Å². The fourth-order valence-corrected chi connectivity index (χ4v) is 5.84. The third kappa shape index (κ3) is 4.53. The lowest BCUT2D eigenvalue weighted by Gasteiger charge is -2.12. The third-order valence-electron chi connectivity index (χ3n) is 5.31. The monoisotopic (exact) mass is 547 g/mol. The van der Waals surface area contributed by atoms with Gasteiger partial charge in [0.15, 0.2) is 5.69 Å². The molecule has 0 atom stereocenters. The summed E-state index contributed by atoms with van der Waals surface area (Å²) in [5, 5.41) is 10.1. The van der Waals surface area contributed by atoms with Crippen LogP contribution in [0.5, 0.6) is 0 Å². The first-order valence-electron chi connectivity index (χ1n) is 10.6. The summed E-state index contributed by atoms with van der Waals surface area (Å²) in [5.74, 6) is -2.37. The molecule has 0 amide bonds. The van der Waals surface area contributed by atoms with Crippen molar-refractivity contribution < 1.29 is 32.3 Å². The van der Waals surface area contributed by atoms with E-state index in [4.69, 9.17) is 32.4 Å². The number of hydrogen-bond donors (Lipinski definition) is 1. The molecule has 8 nitrogen and oxygen atoms in total. The van der Waals surface area contributed by atoms with E-state index in [1.807, 2.05) is 0 Å². The molecule has 1 N–H and O–H groups in total. The number of aromatic nitrogens is 1. The molecule has 0 radical (unpaired) electrons. The number of nitrogens with zero attached hydrogens (tertiary/aromatic N) is 1. The van der Waals surface area contributed by atoms with Gasteiger partial charge in [-0.05, 0) is 56.3 Å². The predicted molar refractivity (Wildman–Crippen MR) is 136 cm³/mol. The van der Waals surface area contributed by atoms with Gasteiger partial charge in [0, 0.05) is 16.0 Å². The van der Waals surface area contributed by atoms with Crippen molar-refractivity contribution in [2.75, 3.05) is 6.61 Å². The van der Waals surface area contributed by atoms with Gasteiger partial charge in [-0.2, -0.15) is 0 Å². The number of fused-ring (bicyclic) bond motifs is 1. The number of carboxylic acids is 1. The van der Waals surface area contributed by atoms with Crippen molar-refractivity contribution in [2.45, 2.75) is 18.7 Å². The van der Waals surface area contributed by atoms with Crippen LogP contribution in [-0.2, 0) is 19.6 Å². The topological polar surface area (TPSA) is 116 Å². The van der Waals surface area contributed by atoms with Crippen molar-refractivity contribution in [3.05, 3.63) is 87.4 Å². The van der Waals surface area contributed by atoms with Crippen LogP contribution < -0.4 is 0 Å². The molecule has 2 aromatic carbocycles. The van der Waals surface area contributed by atoms with Gasteiger partial charge in [0.25, 0.3) is 10.0 Å².